The van der Waals surface area contributed by atoms with E-state index in [1.165, 1.54) is 6.20 Å². The average Bonchev–Trinajstić information content (AvgIpc) is 3.37. The van der Waals surface area contributed by atoms with Crippen molar-refractivity contribution in [2.75, 3.05) is 23.4 Å². The van der Waals surface area contributed by atoms with Gasteiger partial charge >= 0.3 is 5.97 Å². The normalized spacial score (nSPS) is 20.1. The highest BCUT2D eigenvalue weighted by Gasteiger charge is 2.31. The molecule has 9 heteroatoms. The van der Waals surface area contributed by atoms with Crippen molar-refractivity contribution in [3.05, 3.63) is 46.9 Å². The van der Waals surface area contributed by atoms with Gasteiger partial charge in [-0.05, 0) is 51.3 Å². The lowest BCUT2D eigenvalue weighted by molar-refractivity contribution is 0.0474. The first-order valence-corrected chi connectivity index (χ1v) is 11.9. The number of hydrogen-bond donors (Lipinski definition) is 1. The number of nitrogens with one attached hydrogen (secondary N) is 1. The van der Waals surface area contributed by atoms with E-state index in [2.05, 4.69) is 10.3 Å². The molecule has 0 amide bonds. The minimum Gasteiger partial charge on any atom is -0.454 e. The number of carbonyl (C=O) groups excluding carboxylic acids is 2. The molecule has 160 valence electrons. The van der Waals surface area contributed by atoms with Crippen molar-refractivity contribution in [3.8, 4) is 0 Å². The third-order valence-electron chi connectivity index (χ3n) is 5.62. The highest BCUT2D eigenvalue weighted by atomic mass is 32.2. The Morgan fingerprint density at radius 1 is 1.23 bits per heavy atom. The molecule has 3 heterocycles. The maximum Gasteiger partial charge on any atom is 0.340 e. The van der Waals surface area contributed by atoms with Crippen molar-refractivity contribution < 1.29 is 22.7 Å². The molecular formula is C21H25N3O5S. The van der Waals surface area contributed by atoms with Crippen LogP contribution in [0.25, 0.3) is 0 Å². The second kappa shape index (κ2) is 7.86. The Hall–Kier alpha value is -2.68. The van der Waals surface area contributed by atoms with Crippen LogP contribution in [0.1, 0.15) is 57.4 Å². The maximum atomic E-state index is 12.7. The number of Topliss-reactive ketones (excluding diaryl/α,β-unsaturated/α-hetero) is 1. The van der Waals surface area contributed by atoms with E-state index in [-0.39, 0.29) is 35.5 Å². The fraction of sp³-hybridized carbons (Fsp3) is 0.476. The van der Waals surface area contributed by atoms with Gasteiger partial charge in [-0.2, -0.15) is 0 Å². The molecule has 0 spiro atoms. The summed E-state index contributed by atoms with van der Waals surface area (Å²) in [6.45, 7) is 3.26. The third-order valence-corrected chi connectivity index (χ3v) is 7.37. The molecule has 1 saturated heterocycles. The van der Waals surface area contributed by atoms with Crippen LogP contribution in [-0.4, -0.2) is 53.9 Å². The topological polar surface area (TPSA) is 107 Å². The van der Waals surface area contributed by atoms with Crippen LogP contribution in [0.2, 0.25) is 0 Å². The number of ether oxygens (including phenoxy) is 1. The SMILES string of the molecule is Cc1cc(C(=O)COC(=O)c2ccc(NC3CC3)nc2)c(C)n1C1CCS(=O)(=O)C1. The van der Waals surface area contributed by atoms with Gasteiger partial charge in [-0.15, -0.1) is 0 Å². The number of hydrogen-bond acceptors (Lipinski definition) is 7. The van der Waals surface area contributed by atoms with Crippen LogP contribution < -0.4 is 5.32 Å². The van der Waals surface area contributed by atoms with Gasteiger partial charge in [0.2, 0.25) is 5.78 Å². The summed E-state index contributed by atoms with van der Waals surface area (Å²) in [4.78, 5) is 29.1. The van der Waals surface area contributed by atoms with E-state index in [4.69, 9.17) is 4.74 Å². The van der Waals surface area contributed by atoms with Crippen molar-refractivity contribution in [2.24, 2.45) is 0 Å². The zero-order chi connectivity index (χ0) is 21.5. The van der Waals surface area contributed by atoms with Crippen molar-refractivity contribution in [1.82, 2.24) is 9.55 Å². The lowest BCUT2D eigenvalue weighted by atomic mass is 10.1. The lowest BCUT2D eigenvalue weighted by Crippen LogP contribution is -2.17. The van der Waals surface area contributed by atoms with Crippen molar-refractivity contribution >= 4 is 27.4 Å². The second-order valence-electron chi connectivity index (χ2n) is 8.06. The van der Waals surface area contributed by atoms with Gasteiger partial charge < -0.3 is 14.6 Å². The Kier molecular flexibility index (Phi) is 5.40. The zero-order valence-corrected chi connectivity index (χ0v) is 17.9. The molecule has 8 nitrogen and oxygen atoms in total. The first kappa shape index (κ1) is 20.6. The van der Waals surface area contributed by atoms with Crippen LogP contribution in [0.15, 0.2) is 24.4 Å². The second-order valence-corrected chi connectivity index (χ2v) is 10.3. The molecule has 1 N–H and O–H groups in total. The minimum atomic E-state index is -3.03. The number of carbonyl (C=O) groups is 2. The molecule has 2 aromatic heterocycles. The Balaban J connectivity index is 1.39. The van der Waals surface area contributed by atoms with E-state index in [0.717, 1.165) is 18.5 Å². The van der Waals surface area contributed by atoms with Gasteiger partial charge in [0.25, 0.3) is 0 Å². The number of ketones is 1. The molecule has 2 fully saturated rings. The maximum absolute atomic E-state index is 12.7. The van der Waals surface area contributed by atoms with Crippen LogP contribution in [0.4, 0.5) is 5.82 Å². The fourth-order valence-corrected chi connectivity index (χ4v) is 5.63. The first-order chi connectivity index (χ1) is 14.2. The molecule has 4 rings (SSSR count). The smallest absolute Gasteiger partial charge is 0.340 e. The first-order valence-electron chi connectivity index (χ1n) is 10.1. The summed E-state index contributed by atoms with van der Waals surface area (Å²) in [6.07, 6.45) is 4.24. The Morgan fingerprint density at radius 2 is 2.00 bits per heavy atom. The summed E-state index contributed by atoms with van der Waals surface area (Å²) in [7, 11) is -3.03. The minimum absolute atomic E-state index is 0.0879. The van der Waals surface area contributed by atoms with Crippen LogP contribution >= 0.6 is 0 Å². The van der Waals surface area contributed by atoms with Crippen molar-refractivity contribution in [3.63, 3.8) is 0 Å². The van der Waals surface area contributed by atoms with Crippen LogP contribution in [0.5, 0.6) is 0 Å². The fourth-order valence-electron chi connectivity index (χ4n) is 3.93. The molecule has 0 radical (unpaired) electrons. The number of pyridine rings is 1. The molecular weight excluding hydrogens is 406 g/mol. The van der Waals surface area contributed by atoms with Gasteiger partial charge in [0.15, 0.2) is 16.4 Å². The monoisotopic (exact) mass is 431 g/mol. The molecule has 1 saturated carbocycles. The van der Waals surface area contributed by atoms with Gasteiger partial charge in [0.1, 0.15) is 5.82 Å². The van der Waals surface area contributed by atoms with E-state index in [9.17, 15) is 18.0 Å². The average molecular weight is 432 g/mol. The third kappa shape index (κ3) is 4.40. The number of aryl methyl sites for hydroxylation is 1. The van der Waals surface area contributed by atoms with Crippen molar-refractivity contribution in [1.29, 1.82) is 0 Å². The van der Waals surface area contributed by atoms with E-state index >= 15 is 0 Å². The number of rotatable bonds is 7. The quantitative estimate of drug-likeness (QED) is 0.530. The lowest BCUT2D eigenvalue weighted by Gasteiger charge is -2.16. The van der Waals surface area contributed by atoms with E-state index < -0.39 is 15.8 Å². The molecule has 0 bridgehead atoms. The molecule has 30 heavy (non-hydrogen) atoms. The Morgan fingerprint density at radius 3 is 2.60 bits per heavy atom. The van der Waals surface area contributed by atoms with Gasteiger partial charge in [0, 0.05) is 35.2 Å². The molecule has 2 aromatic rings. The number of sulfone groups is 1. The van der Waals surface area contributed by atoms with Gasteiger partial charge in [-0.1, -0.05) is 0 Å². The molecule has 1 unspecified atom stereocenters. The van der Waals surface area contributed by atoms with E-state index in [0.29, 0.717) is 29.5 Å². The molecule has 0 aromatic carbocycles. The summed E-state index contributed by atoms with van der Waals surface area (Å²) in [5.74, 6) is 0.0444. The summed E-state index contributed by atoms with van der Waals surface area (Å²) in [5, 5.41) is 3.24. The van der Waals surface area contributed by atoms with E-state index in [1.54, 1.807) is 25.1 Å². The van der Waals surface area contributed by atoms with Gasteiger partial charge in [0.05, 0.1) is 17.1 Å². The Labute approximate surface area is 175 Å². The largest absolute Gasteiger partial charge is 0.454 e. The van der Waals surface area contributed by atoms with Crippen LogP contribution in [0.3, 0.4) is 0 Å². The Bertz CT molecular complexity index is 1080. The summed E-state index contributed by atoms with van der Waals surface area (Å²) in [5.41, 5.74) is 2.26. The van der Waals surface area contributed by atoms with Crippen LogP contribution in [-0.2, 0) is 14.6 Å². The van der Waals surface area contributed by atoms with Crippen LogP contribution in [0, 0.1) is 13.8 Å². The predicted molar refractivity (Wildman–Crippen MR) is 112 cm³/mol. The number of esters is 1. The molecule has 1 aliphatic heterocycles. The zero-order valence-electron chi connectivity index (χ0n) is 17.1. The van der Waals surface area contributed by atoms with Gasteiger partial charge in [-0.3, -0.25) is 4.79 Å². The molecule has 1 aliphatic carbocycles. The molecule has 2 aliphatic rings. The highest BCUT2D eigenvalue weighted by molar-refractivity contribution is 7.91. The number of nitrogens with zero attached hydrogens (tertiary/aromatic N) is 2. The number of aromatic nitrogens is 2. The summed E-state index contributed by atoms with van der Waals surface area (Å²) in [6, 6.07) is 5.39. The summed E-state index contributed by atoms with van der Waals surface area (Å²) >= 11 is 0. The van der Waals surface area contributed by atoms with Crippen molar-refractivity contribution in [2.45, 2.75) is 45.2 Å². The predicted octanol–water partition coefficient (Wildman–Crippen LogP) is 2.47. The van der Waals surface area contributed by atoms with Gasteiger partial charge in [-0.25, -0.2) is 18.2 Å². The summed E-state index contributed by atoms with van der Waals surface area (Å²) < 4.78 is 30.7. The molecule has 1 atom stereocenters. The number of anilines is 1. The van der Waals surface area contributed by atoms with E-state index in [1.807, 2.05) is 11.5 Å². The standard InChI is InChI=1S/C21H25N3O5S/c1-13-9-18(14(2)24(13)17-7-8-30(27,28)12-17)19(25)11-29-21(26)15-3-6-20(22-10-15)23-16-4-5-16/h3,6,9-10,16-17H,4-5,7-8,11-12H2,1-2H3,(H,22,23). The highest BCUT2D eigenvalue weighted by Crippen LogP contribution is 2.29.